The summed E-state index contributed by atoms with van der Waals surface area (Å²) in [6, 6.07) is 13.7. The molecule has 0 bridgehead atoms. The number of aromatic nitrogens is 6. The number of aryl methyl sites for hydroxylation is 1. The highest BCUT2D eigenvalue weighted by molar-refractivity contribution is 6.02. The molecular formula is C29H27FN8O3. The van der Waals surface area contributed by atoms with Gasteiger partial charge in [0.25, 0.3) is 5.91 Å². The Morgan fingerprint density at radius 2 is 1.98 bits per heavy atom. The highest BCUT2D eigenvalue weighted by atomic mass is 19.1. The van der Waals surface area contributed by atoms with Gasteiger partial charge in [0.1, 0.15) is 30.1 Å². The van der Waals surface area contributed by atoms with Crippen molar-refractivity contribution in [3.05, 3.63) is 95.7 Å². The molecule has 41 heavy (non-hydrogen) atoms. The van der Waals surface area contributed by atoms with Crippen LogP contribution in [0.1, 0.15) is 46.3 Å². The molecule has 6 rings (SSSR count). The SMILES string of the molecule is Cn1cc(-c2cc(F)cc(CNC(=O)c3ncnc4nc([C@@H]5CCCN5C(=O)OCc5ccccc5)[nH]c34)c2)cn1. The van der Waals surface area contributed by atoms with Gasteiger partial charge in [-0.25, -0.2) is 24.1 Å². The van der Waals surface area contributed by atoms with E-state index in [4.69, 9.17) is 4.74 Å². The van der Waals surface area contributed by atoms with Crippen molar-refractivity contribution in [2.75, 3.05) is 6.54 Å². The number of imidazole rings is 1. The minimum atomic E-state index is -0.467. The molecule has 1 atom stereocenters. The number of rotatable bonds is 7. The van der Waals surface area contributed by atoms with Gasteiger partial charge in [0, 0.05) is 31.9 Å². The number of carbonyl (C=O) groups excluding carboxylic acids is 2. The van der Waals surface area contributed by atoms with Crippen molar-refractivity contribution in [2.24, 2.45) is 7.05 Å². The molecule has 0 radical (unpaired) electrons. The molecule has 4 heterocycles. The number of hydrogen-bond acceptors (Lipinski definition) is 7. The van der Waals surface area contributed by atoms with E-state index in [9.17, 15) is 14.0 Å². The van der Waals surface area contributed by atoms with E-state index in [0.29, 0.717) is 41.1 Å². The third-order valence-electron chi connectivity index (χ3n) is 6.98. The molecule has 1 aliphatic rings. The number of amides is 2. The summed E-state index contributed by atoms with van der Waals surface area (Å²) in [6.45, 7) is 0.789. The Labute approximate surface area is 234 Å². The highest BCUT2D eigenvalue weighted by Gasteiger charge is 2.34. The number of carbonyl (C=O) groups is 2. The summed E-state index contributed by atoms with van der Waals surface area (Å²) in [7, 11) is 1.79. The number of nitrogens with zero attached hydrogens (tertiary/aromatic N) is 6. The molecule has 1 saturated heterocycles. The van der Waals surface area contributed by atoms with Crippen LogP contribution < -0.4 is 5.32 Å². The van der Waals surface area contributed by atoms with Crippen LogP contribution in [0, 0.1) is 5.82 Å². The molecule has 2 N–H and O–H groups in total. The fourth-order valence-corrected chi connectivity index (χ4v) is 5.00. The van der Waals surface area contributed by atoms with E-state index in [2.05, 4.69) is 30.4 Å². The van der Waals surface area contributed by atoms with Crippen molar-refractivity contribution < 1.29 is 18.7 Å². The van der Waals surface area contributed by atoms with Gasteiger partial charge in [-0.15, -0.1) is 0 Å². The first kappa shape index (κ1) is 26.1. The summed E-state index contributed by atoms with van der Waals surface area (Å²) < 4.78 is 21.5. The standard InChI is InChI=1S/C29H27FN8O3/c1-37-15-21(14-34-37)20-10-19(11-22(30)12-20)13-31-28(39)25-24-27(33-17-32-25)36-26(35-24)23-8-5-9-38(23)29(40)41-16-18-6-3-2-4-7-18/h2-4,6-7,10-12,14-15,17,23H,5,8-9,13,16H2,1H3,(H,31,39)(H,32,33,35,36)/t23-/m0/s1. The van der Waals surface area contributed by atoms with Crippen LogP contribution in [0.25, 0.3) is 22.3 Å². The summed E-state index contributed by atoms with van der Waals surface area (Å²) in [5.41, 5.74) is 3.70. The Hall–Kier alpha value is -5.13. The molecule has 5 aromatic rings. The molecule has 11 nitrogen and oxygen atoms in total. The van der Waals surface area contributed by atoms with Gasteiger partial charge in [0.2, 0.25) is 0 Å². The first-order valence-electron chi connectivity index (χ1n) is 13.2. The molecule has 3 aromatic heterocycles. The second-order valence-corrected chi connectivity index (χ2v) is 9.87. The lowest BCUT2D eigenvalue weighted by Crippen LogP contribution is -2.31. The van der Waals surface area contributed by atoms with Crippen molar-refractivity contribution in [3.63, 3.8) is 0 Å². The van der Waals surface area contributed by atoms with Crippen LogP contribution in [0.15, 0.2) is 67.3 Å². The third-order valence-corrected chi connectivity index (χ3v) is 6.98. The molecular weight excluding hydrogens is 527 g/mol. The van der Waals surface area contributed by atoms with Gasteiger partial charge in [-0.1, -0.05) is 30.3 Å². The predicted octanol–water partition coefficient (Wildman–Crippen LogP) is 4.30. The minimum Gasteiger partial charge on any atom is -0.445 e. The van der Waals surface area contributed by atoms with Crippen LogP contribution >= 0.6 is 0 Å². The minimum absolute atomic E-state index is 0.0833. The van der Waals surface area contributed by atoms with Gasteiger partial charge in [0.15, 0.2) is 11.3 Å². The molecule has 0 aliphatic carbocycles. The van der Waals surface area contributed by atoms with E-state index in [1.54, 1.807) is 35.1 Å². The van der Waals surface area contributed by atoms with E-state index < -0.39 is 17.8 Å². The zero-order valence-corrected chi connectivity index (χ0v) is 22.2. The Morgan fingerprint density at radius 1 is 1.12 bits per heavy atom. The third kappa shape index (κ3) is 5.62. The number of hydrogen-bond donors (Lipinski definition) is 2. The van der Waals surface area contributed by atoms with Crippen LogP contribution in [0.4, 0.5) is 9.18 Å². The zero-order valence-electron chi connectivity index (χ0n) is 22.2. The average molecular weight is 555 g/mol. The van der Waals surface area contributed by atoms with Crippen LogP contribution in [0.5, 0.6) is 0 Å². The number of benzene rings is 2. The molecule has 208 valence electrons. The number of fused-ring (bicyclic) bond motifs is 1. The zero-order chi connectivity index (χ0) is 28.3. The topological polar surface area (TPSA) is 131 Å². The lowest BCUT2D eigenvalue weighted by atomic mass is 10.1. The number of H-pyrrole nitrogens is 1. The van der Waals surface area contributed by atoms with E-state index in [1.807, 2.05) is 30.3 Å². The summed E-state index contributed by atoms with van der Waals surface area (Å²) >= 11 is 0. The number of likely N-dealkylation sites (tertiary alicyclic amines) is 1. The van der Waals surface area contributed by atoms with E-state index in [-0.39, 0.29) is 24.9 Å². The van der Waals surface area contributed by atoms with Crippen molar-refractivity contribution in [1.29, 1.82) is 0 Å². The van der Waals surface area contributed by atoms with Crippen LogP contribution in [0.2, 0.25) is 0 Å². The van der Waals surface area contributed by atoms with Gasteiger partial charge >= 0.3 is 6.09 Å². The fourth-order valence-electron chi connectivity index (χ4n) is 5.00. The summed E-state index contributed by atoms with van der Waals surface area (Å²) in [4.78, 5) is 43.8. The van der Waals surface area contributed by atoms with Crippen molar-refractivity contribution in [3.8, 4) is 11.1 Å². The highest BCUT2D eigenvalue weighted by Crippen LogP contribution is 2.32. The molecule has 0 unspecified atom stereocenters. The first-order chi connectivity index (χ1) is 19.9. The lowest BCUT2D eigenvalue weighted by Gasteiger charge is -2.22. The van der Waals surface area contributed by atoms with Gasteiger partial charge in [-0.05, 0) is 47.7 Å². The molecule has 0 saturated carbocycles. The summed E-state index contributed by atoms with van der Waals surface area (Å²) in [5.74, 6) is -0.373. The number of ether oxygens (including phenoxy) is 1. The smallest absolute Gasteiger partial charge is 0.410 e. The predicted molar refractivity (Wildman–Crippen MR) is 147 cm³/mol. The maximum Gasteiger partial charge on any atom is 0.410 e. The molecule has 2 amide bonds. The maximum atomic E-state index is 14.3. The van der Waals surface area contributed by atoms with Crippen LogP contribution in [-0.2, 0) is 24.9 Å². The molecule has 0 spiro atoms. The van der Waals surface area contributed by atoms with E-state index >= 15 is 0 Å². The fraction of sp³-hybridized carbons (Fsp3) is 0.241. The van der Waals surface area contributed by atoms with Crippen molar-refractivity contribution in [2.45, 2.75) is 32.0 Å². The van der Waals surface area contributed by atoms with E-state index in [1.165, 1.54) is 18.5 Å². The average Bonchev–Trinajstić information content (AvgIpc) is 3.74. The second kappa shape index (κ2) is 11.2. The largest absolute Gasteiger partial charge is 0.445 e. The monoisotopic (exact) mass is 554 g/mol. The maximum absolute atomic E-state index is 14.3. The summed E-state index contributed by atoms with van der Waals surface area (Å²) in [5, 5.41) is 6.94. The Morgan fingerprint density at radius 3 is 2.78 bits per heavy atom. The molecule has 1 fully saturated rings. The Balaban J connectivity index is 1.17. The summed E-state index contributed by atoms with van der Waals surface area (Å²) in [6.07, 6.45) is 5.76. The van der Waals surface area contributed by atoms with Gasteiger partial charge in [-0.3, -0.25) is 14.4 Å². The van der Waals surface area contributed by atoms with Gasteiger partial charge < -0.3 is 15.0 Å². The van der Waals surface area contributed by atoms with Crippen molar-refractivity contribution in [1.82, 2.24) is 39.9 Å². The van der Waals surface area contributed by atoms with Gasteiger partial charge in [0.05, 0.1) is 12.2 Å². The quantitative estimate of drug-likeness (QED) is 0.307. The number of aromatic amines is 1. The normalized spacial score (nSPS) is 14.9. The molecule has 1 aliphatic heterocycles. The Bertz CT molecular complexity index is 1720. The van der Waals surface area contributed by atoms with E-state index in [0.717, 1.165) is 17.5 Å². The van der Waals surface area contributed by atoms with Crippen molar-refractivity contribution >= 4 is 23.2 Å². The number of halogens is 1. The lowest BCUT2D eigenvalue weighted by molar-refractivity contribution is 0.0908. The van der Waals surface area contributed by atoms with Crippen LogP contribution in [0.3, 0.4) is 0 Å². The molecule has 2 aromatic carbocycles. The Kier molecular flexibility index (Phi) is 7.11. The molecule has 12 heteroatoms. The second-order valence-electron chi connectivity index (χ2n) is 9.87. The van der Waals surface area contributed by atoms with Gasteiger partial charge in [-0.2, -0.15) is 5.10 Å². The van der Waals surface area contributed by atoms with Crippen LogP contribution in [-0.4, -0.2) is 53.2 Å². The number of nitrogens with one attached hydrogen (secondary N) is 2. The first-order valence-corrected chi connectivity index (χ1v) is 13.2.